The van der Waals surface area contributed by atoms with E-state index in [-0.39, 0.29) is 5.75 Å². The third-order valence-electron chi connectivity index (χ3n) is 2.28. The van der Waals surface area contributed by atoms with Gasteiger partial charge in [-0.1, -0.05) is 6.07 Å². The molecule has 0 bridgehead atoms. The van der Waals surface area contributed by atoms with E-state index < -0.39 is 11.8 Å². The predicted octanol–water partition coefficient (Wildman–Crippen LogP) is 2.45. The van der Waals surface area contributed by atoms with Gasteiger partial charge in [0.05, 0.1) is 12.4 Å². The molecule has 98 valence electrons. The lowest BCUT2D eigenvalue weighted by Gasteiger charge is -2.04. The molecule has 1 N–H and O–H groups in total. The van der Waals surface area contributed by atoms with Crippen molar-refractivity contribution in [2.45, 2.75) is 0 Å². The Morgan fingerprint density at radius 1 is 1.53 bits per heavy atom. The van der Waals surface area contributed by atoms with Crippen molar-refractivity contribution in [3.63, 3.8) is 0 Å². The average Bonchev–Trinajstić information content (AvgIpc) is 2.75. The van der Waals surface area contributed by atoms with Crippen molar-refractivity contribution < 1.29 is 19.0 Å². The van der Waals surface area contributed by atoms with Crippen molar-refractivity contribution in [1.82, 2.24) is 9.78 Å². The minimum Gasteiger partial charge on any atom is -0.478 e. The highest BCUT2D eigenvalue weighted by molar-refractivity contribution is 5.85. The number of rotatable bonds is 4. The topological polar surface area (TPSA) is 64.3 Å². The quantitative estimate of drug-likeness (QED) is 0.859. The Bertz CT molecular complexity index is 635. The highest BCUT2D eigenvalue weighted by atomic mass is 19.1. The molecule has 2 aromatic rings. The van der Waals surface area contributed by atoms with Crippen LogP contribution in [0.5, 0.6) is 11.5 Å². The monoisotopic (exact) mass is 262 g/mol. The van der Waals surface area contributed by atoms with E-state index in [2.05, 4.69) is 5.10 Å². The fourth-order valence-corrected chi connectivity index (χ4v) is 1.45. The summed E-state index contributed by atoms with van der Waals surface area (Å²) in [6, 6.07) is 4.20. The van der Waals surface area contributed by atoms with Gasteiger partial charge in [0.2, 0.25) is 0 Å². The standard InChI is InChI=1S/C13H11FN2O3/c1-16-8-10(7-15-16)19-12-4-2-9(6-11(12)14)3-5-13(17)18/h2-8H,1H3,(H,17,18)/b5-3+. The largest absolute Gasteiger partial charge is 0.478 e. The normalized spacial score (nSPS) is 10.8. The van der Waals surface area contributed by atoms with Crippen molar-refractivity contribution in [3.8, 4) is 11.5 Å². The van der Waals surface area contributed by atoms with E-state index in [1.165, 1.54) is 29.1 Å². The Morgan fingerprint density at radius 2 is 2.32 bits per heavy atom. The maximum Gasteiger partial charge on any atom is 0.328 e. The predicted molar refractivity (Wildman–Crippen MR) is 66.4 cm³/mol. The maximum absolute atomic E-state index is 13.7. The molecular weight excluding hydrogens is 251 g/mol. The third-order valence-corrected chi connectivity index (χ3v) is 2.28. The summed E-state index contributed by atoms with van der Waals surface area (Å²) in [7, 11) is 1.73. The van der Waals surface area contributed by atoms with E-state index in [0.29, 0.717) is 11.3 Å². The Labute approximate surface area is 108 Å². The number of halogens is 1. The van der Waals surface area contributed by atoms with Crippen LogP contribution in [0.1, 0.15) is 5.56 Å². The second-order valence-electron chi connectivity index (χ2n) is 3.81. The zero-order valence-corrected chi connectivity index (χ0v) is 10.1. The molecule has 1 aromatic heterocycles. The van der Waals surface area contributed by atoms with Gasteiger partial charge in [-0.05, 0) is 23.8 Å². The number of hydrogen-bond acceptors (Lipinski definition) is 3. The number of carbonyl (C=O) groups is 1. The van der Waals surface area contributed by atoms with Crippen LogP contribution in [0.25, 0.3) is 6.08 Å². The molecule has 0 aliphatic heterocycles. The molecular formula is C13H11FN2O3. The summed E-state index contributed by atoms with van der Waals surface area (Å²) < 4.78 is 20.6. The fourth-order valence-electron chi connectivity index (χ4n) is 1.45. The lowest BCUT2D eigenvalue weighted by Crippen LogP contribution is -1.89. The zero-order chi connectivity index (χ0) is 13.8. The molecule has 0 aliphatic rings. The number of hydrogen-bond donors (Lipinski definition) is 1. The molecule has 0 fully saturated rings. The van der Waals surface area contributed by atoms with Crippen LogP contribution in [0.2, 0.25) is 0 Å². The number of aromatic nitrogens is 2. The molecule has 1 heterocycles. The Morgan fingerprint density at radius 3 is 2.89 bits per heavy atom. The fraction of sp³-hybridized carbons (Fsp3) is 0.0769. The second kappa shape index (κ2) is 5.34. The molecule has 0 saturated carbocycles. The Balaban J connectivity index is 2.17. The number of carboxylic acid groups (broad SMARTS) is 1. The second-order valence-corrected chi connectivity index (χ2v) is 3.81. The smallest absolute Gasteiger partial charge is 0.328 e. The van der Waals surface area contributed by atoms with E-state index in [4.69, 9.17) is 9.84 Å². The van der Waals surface area contributed by atoms with E-state index >= 15 is 0 Å². The summed E-state index contributed by atoms with van der Waals surface area (Å²) in [4.78, 5) is 10.4. The molecule has 0 spiro atoms. The van der Waals surface area contributed by atoms with E-state index in [1.54, 1.807) is 19.3 Å². The molecule has 6 heteroatoms. The van der Waals surface area contributed by atoms with Crippen LogP contribution in [0.3, 0.4) is 0 Å². The lowest BCUT2D eigenvalue weighted by atomic mass is 10.2. The summed E-state index contributed by atoms with van der Waals surface area (Å²) in [5.41, 5.74) is 0.443. The van der Waals surface area contributed by atoms with Gasteiger partial charge in [-0.3, -0.25) is 4.68 Å². The van der Waals surface area contributed by atoms with Gasteiger partial charge in [0.25, 0.3) is 0 Å². The van der Waals surface area contributed by atoms with Gasteiger partial charge in [0.1, 0.15) is 0 Å². The first kappa shape index (κ1) is 12.8. The highest BCUT2D eigenvalue weighted by Gasteiger charge is 2.06. The van der Waals surface area contributed by atoms with Crippen molar-refractivity contribution in [3.05, 3.63) is 48.0 Å². The summed E-state index contributed by atoms with van der Waals surface area (Å²) in [6.07, 6.45) is 5.32. The number of nitrogens with zero attached hydrogens (tertiary/aromatic N) is 2. The van der Waals surface area contributed by atoms with Gasteiger partial charge in [-0.2, -0.15) is 5.10 Å². The molecule has 0 amide bonds. The summed E-state index contributed by atoms with van der Waals surface area (Å²) >= 11 is 0. The summed E-state index contributed by atoms with van der Waals surface area (Å²) in [5, 5.41) is 12.4. The van der Waals surface area contributed by atoms with Crippen LogP contribution in [0.15, 0.2) is 36.7 Å². The summed E-state index contributed by atoms with van der Waals surface area (Å²) in [5.74, 6) is -1.18. The average molecular weight is 262 g/mol. The third kappa shape index (κ3) is 3.41. The van der Waals surface area contributed by atoms with Gasteiger partial charge in [-0.25, -0.2) is 9.18 Å². The van der Waals surface area contributed by atoms with Crippen LogP contribution in [-0.4, -0.2) is 20.9 Å². The molecule has 0 atom stereocenters. The molecule has 5 nitrogen and oxygen atoms in total. The molecule has 2 rings (SSSR count). The highest BCUT2D eigenvalue weighted by Crippen LogP contribution is 2.24. The minimum atomic E-state index is -1.09. The van der Waals surface area contributed by atoms with Gasteiger partial charge < -0.3 is 9.84 Å². The number of carboxylic acids is 1. The van der Waals surface area contributed by atoms with Gasteiger partial charge in [-0.15, -0.1) is 0 Å². The zero-order valence-electron chi connectivity index (χ0n) is 10.1. The van der Waals surface area contributed by atoms with E-state index in [1.807, 2.05) is 0 Å². The minimum absolute atomic E-state index is 0.0560. The van der Waals surface area contributed by atoms with Crippen LogP contribution in [0.4, 0.5) is 4.39 Å². The van der Waals surface area contributed by atoms with Gasteiger partial charge in [0, 0.05) is 13.1 Å². The summed E-state index contributed by atoms with van der Waals surface area (Å²) in [6.45, 7) is 0. The SMILES string of the molecule is Cn1cc(Oc2ccc(/C=C/C(=O)O)cc2F)cn1. The molecule has 1 aromatic carbocycles. The number of aryl methyl sites for hydroxylation is 1. The molecule has 0 unspecified atom stereocenters. The molecule has 19 heavy (non-hydrogen) atoms. The number of aliphatic carboxylic acids is 1. The first-order valence-electron chi connectivity index (χ1n) is 5.41. The van der Waals surface area contributed by atoms with Crippen molar-refractivity contribution in [1.29, 1.82) is 0 Å². The van der Waals surface area contributed by atoms with Crippen molar-refractivity contribution in [2.75, 3.05) is 0 Å². The molecule has 0 saturated heterocycles. The first-order valence-corrected chi connectivity index (χ1v) is 5.41. The lowest BCUT2D eigenvalue weighted by molar-refractivity contribution is -0.131. The first-order chi connectivity index (χ1) is 9.04. The Kier molecular flexibility index (Phi) is 3.61. The number of ether oxygens (including phenoxy) is 1. The van der Waals surface area contributed by atoms with Crippen LogP contribution >= 0.6 is 0 Å². The number of benzene rings is 1. The van der Waals surface area contributed by atoms with Crippen LogP contribution in [0, 0.1) is 5.82 Å². The van der Waals surface area contributed by atoms with Gasteiger partial charge >= 0.3 is 5.97 Å². The van der Waals surface area contributed by atoms with E-state index in [9.17, 15) is 9.18 Å². The van der Waals surface area contributed by atoms with Gasteiger partial charge in [0.15, 0.2) is 17.3 Å². The van der Waals surface area contributed by atoms with Crippen LogP contribution < -0.4 is 4.74 Å². The molecule has 0 aliphatic carbocycles. The molecule has 0 radical (unpaired) electrons. The maximum atomic E-state index is 13.7. The van der Waals surface area contributed by atoms with Crippen molar-refractivity contribution >= 4 is 12.0 Å². The van der Waals surface area contributed by atoms with Crippen molar-refractivity contribution in [2.24, 2.45) is 7.05 Å². The Hall–Kier alpha value is -2.63. The van der Waals surface area contributed by atoms with E-state index in [0.717, 1.165) is 6.08 Å². The van der Waals surface area contributed by atoms with Crippen LogP contribution in [-0.2, 0) is 11.8 Å².